The molecule has 0 aromatic rings. The molecule has 23 heavy (non-hydrogen) atoms. The van der Waals surface area contributed by atoms with Crippen LogP contribution in [-0.2, 0) is 0 Å². The van der Waals surface area contributed by atoms with Gasteiger partial charge in [-0.25, -0.2) is 4.39 Å². The van der Waals surface area contributed by atoms with E-state index in [1.54, 1.807) is 0 Å². The Morgan fingerprint density at radius 3 is 2.74 bits per heavy atom. The summed E-state index contributed by atoms with van der Waals surface area (Å²) in [6.07, 6.45) is 6.29. The molecule has 0 aromatic carbocycles. The van der Waals surface area contributed by atoms with Gasteiger partial charge in [-0.15, -0.1) is 0 Å². The number of hydrogen-bond donors (Lipinski definition) is 3. The number of nitrogens with two attached hydrogens (primary N) is 1. The third kappa shape index (κ3) is 1.94. The average Bonchev–Trinajstić information content (AvgIpc) is 2.73. The monoisotopic (exact) mass is 321 g/mol. The highest BCUT2D eigenvalue weighted by molar-refractivity contribution is 5.34. The van der Waals surface area contributed by atoms with E-state index in [-0.39, 0.29) is 28.6 Å². The van der Waals surface area contributed by atoms with Gasteiger partial charge in [-0.1, -0.05) is 26.0 Å². The predicted molar refractivity (Wildman–Crippen MR) is 87.4 cm³/mol. The SMILES string of the molecule is C[C@]12C=C[C@H](O)C[C@H]1CC(O)=C1[C@@H]2CC[C@@]2(C)[C@H]1C[C@@H](F)[C@@H]2N. The first kappa shape index (κ1) is 15.6. The van der Waals surface area contributed by atoms with Gasteiger partial charge in [0.1, 0.15) is 6.17 Å². The van der Waals surface area contributed by atoms with Gasteiger partial charge in [0.15, 0.2) is 0 Å². The largest absolute Gasteiger partial charge is 0.512 e. The highest BCUT2D eigenvalue weighted by Gasteiger charge is 2.60. The van der Waals surface area contributed by atoms with Crippen LogP contribution >= 0.6 is 0 Å². The Morgan fingerprint density at radius 2 is 2.00 bits per heavy atom. The molecule has 0 saturated heterocycles. The van der Waals surface area contributed by atoms with Crippen molar-refractivity contribution in [2.24, 2.45) is 34.3 Å². The van der Waals surface area contributed by atoms with Crippen molar-refractivity contribution in [1.82, 2.24) is 0 Å². The zero-order valence-corrected chi connectivity index (χ0v) is 14.0. The lowest BCUT2D eigenvalue weighted by atomic mass is 9.49. The van der Waals surface area contributed by atoms with Crippen LogP contribution in [0.25, 0.3) is 0 Å². The van der Waals surface area contributed by atoms with Gasteiger partial charge in [0.05, 0.1) is 11.9 Å². The van der Waals surface area contributed by atoms with Crippen LogP contribution in [0.4, 0.5) is 4.39 Å². The van der Waals surface area contributed by atoms with Crippen molar-refractivity contribution >= 4 is 0 Å². The Bertz CT molecular complexity index is 588. The summed E-state index contributed by atoms with van der Waals surface area (Å²) in [5, 5.41) is 20.7. The van der Waals surface area contributed by atoms with E-state index < -0.39 is 18.3 Å². The number of allylic oxidation sites excluding steroid dienone is 3. The Balaban J connectivity index is 1.78. The number of rotatable bonds is 0. The molecule has 0 aromatic heterocycles. The first-order chi connectivity index (χ1) is 10.8. The zero-order chi connectivity index (χ0) is 16.6. The molecule has 0 spiro atoms. The van der Waals surface area contributed by atoms with Crippen LogP contribution in [0, 0.1) is 28.6 Å². The summed E-state index contributed by atoms with van der Waals surface area (Å²) < 4.78 is 14.4. The smallest absolute Gasteiger partial charge is 0.116 e. The minimum atomic E-state index is -0.974. The molecule has 0 heterocycles. The summed E-state index contributed by atoms with van der Waals surface area (Å²) in [4.78, 5) is 0. The van der Waals surface area contributed by atoms with Gasteiger partial charge in [0.25, 0.3) is 0 Å². The summed E-state index contributed by atoms with van der Waals surface area (Å²) >= 11 is 0. The van der Waals surface area contributed by atoms with Crippen LogP contribution in [0.2, 0.25) is 0 Å². The van der Waals surface area contributed by atoms with E-state index in [1.165, 1.54) is 0 Å². The van der Waals surface area contributed by atoms with E-state index >= 15 is 0 Å². The lowest BCUT2D eigenvalue weighted by Crippen LogP contribution is -2.51. The molecule has 0 aliphatic heterocycles. The molecule has 0 radical (unpaired) electrons. The van der Waals surface area contributed by atoms with Crippen molar-refractivity contribution in [2.75, 3.05) is 0 Å². The summed E-state index contributed by atoms with van der Waals surface area (Å²) in [7, 11) is 0. The van der Waals surface area contributed by atoms with E-state index in [1.807, 2.05) is 6.08 Å². The van der Waals surface area contributed by atoms with Gasteiger partial charge >= 0.3 is 0 Å². The maximum absolute atomic E-state index is 14.4. The molecule has 4 aliphatic carbocycles. The van der Waals surface area contributed by atoms with E-state index in [2.05, 4.69) is 19.9 Å². The van der Waals surface area contributed by atoms with Crippen LogP contribution in [0.3, 0.4) is 0 Å². The number of alkyl halides is 1. The Hall–Kier alpha value is -0.870. The van der Waals surface area contributed by atoms with Gasteiger partial charge < -0.3 is 15.9 Å². The number of aliphatic hydroxyl groups excluding tert-OH is 2. The van der Waals surface area contributed by atoms with Crippen LogP contribution in [0.5, 0.6) is 0 Å². The Kier molecular flexibility index (Phi) is 3.28. The molecule has 4 heteroatoms. The van der Waals surface area contributed by atoms with Crippen molar-refractivity contribution in [3.63, 3.8) is 0 Å². The number of aliphatic hydroxyl groups is 2. The lowest BCUT2D eigenvalue weighted by Gasteiger charge is -2.55. The van der Waals surface area contributed by atoms with Crippen molar-refractivity contribution in [3.05, 3.63) is 23.5 Å². The summed E-state index contributed by atoms with van der Waals surface area (Å²) in [6.45, 7) is 4.36. The van der Waals surface area contributed by atoms with Gasteiger partial charge in [-0.2, -0.15) is 0 Å². The van der Waals surface area contributed by atoms with Crippen molar-refractivity contribution in [2.45, 2.75) is 64.3 Å². The molecule has 3 nitrogen and oxygen atoms in total. The normalized spacial score (nSPS) is 55.3. The molecule has 4 aliphatic rings. The number of halogens is 1. The van der Waals surface area contributed by atoms with Crippen LogP contribution in [-0.4, -0.2) is 28.5 Å². The molecular formula is C19H28FNO2. The van der Waals surface area contributed by atoms with Crippen LogP contribution in [0.1, 0.15) is 46.0 Å². The second-order valence-electron chi connectivity index (χ2n) is 8.76. The quantitative estimate of drug-likeness (QED) is 0.600. The molecule has 0 unspecified atom stereocenters. The molecule has 2 fully saturated rings. The third-order valence-electron chi connectivity index (χ3n) is 7.74. The third-order valence-corrected chi connectivity index (χ3v) is 7.74. The van der Waals surface area contributed by atoms with E-state index in [4.69, 9.17) is 5.73 Å². The maximum atomic E-state index is 14.4. The predicted octanol–water partition coefficient (Wildman–Crippen LogP) is 3.25. The van der Waals surface area contributed by atoms with Gasteiger partial charge in [0, 0.05) is 12.5 Å². The molecule has 0 bridgehead atoms. The topological polar surface area (TPSA) is 66.5 Å². The molecule has 4 N–H and O–H groups in total. The van der Waals surface area contributed by atoms with E-state index in [9.17, 15) is 14.6 Å². The second kappa shape index (κ2) is 4.82. The Morgan fingerprint density at radius 1 is 1.26 bits per heavy atom. The molecule has 0 amide bonds. The molecule has 8 atom stereocenters. The number of fused-ring (bicyclic) bond motifs is 5. The highest BCUT2D eigenvalue weighted by Crippen LogP contribution is 2.64. The minimum absolute atomic E-state index is 0.0411. The maximum Gasteiger partial charge on any atom is 0.116 e. The Labute approximate surface area is 137 Å². The van der Waals surface area contributed by atoms with Crippen LogP contribution in [0.15, 0.2) is 23.5 Å². The summed E-state index contributed by atoms with van der Waals surface area (Å²) in [5.74, 6) is 1.03. The fraction of sp³-hybridized carbons (Fsp3) is 0.789. The average molecular weight is 321 g/mol. The minimum Gasteiger partial charge on any atom is -0.512 e. The molecule has 2 saturated carbocycles. The lowest BCUT2D eigenvalue weighted by molar-refractivity contribution is 0.0211. The first-order valence-corrected chi connectivity index (χ1v) is 8.96. The second-order valence-corrected chi connectivity index (χ2v) is 8.76. The first-order valence-electron chi connectivity index (χ1n) is 8.96. The van der Waals surface area contributed by atoms with Crippen molar-refractivity contribution in [1.29, 1.82) is 0 Å². The van der Waals surface area contributed by atoms with Gasteiger partial charge in [0.2, 0.25) is 0 Å². The number of hydrogen-bond acceptors (Lipinski definition) is 3. The zero-order valence-electron chi connectivity index (χ0n) is 14.0. The fourth-order valence-electron chi connectivity index (χ4n) is 6.15. The molecule has 128 valence electrons. The standard InChI is InChI=1S/C19H28FNO2/c1-18-5-3-11(22)7-10(18)8-15(23)16-12(18)4-6-19(2)13(16)9-14(20)17(19)21/h3,5,10-14,17,22-23H,4,6-9,21H2,1-2H3/t10-,11-,12-,13-,14+,17-,18-,19-/m0/s1. The van der Waals surface area contributed by atoms with Gasteiger partial charge in [-0.3, -0.25) is 0 Å². The summed E-state index contributed by atoms with van der Waals surface area (Å²) in [6, 6.07) is -0.428. The highest BCUT2D eigenvalue weighted by atomic mass is 19.1. The van der Waals surface area contributed by atoms with Gasteiger partial charge in [-0.05, 0) is 59.8 Å². The van der Waals surface area contributed by atoms with E-state index in [0.29, 0.717) is 25.0 Å². The van der Waals surface area contributed by atoms with Crippen molar-refractivity contribution in [3.8, 4) is 0 Å². The molecule has 4 rings (SSSR count). The van der Waals surface area contributed by atoms with Crippen molar-refractivity contribution < 1.29 is 14.6 Å². The fourth-order valence-corrected chi connectivity index (χ4v) is 6.15. The van der Waals surface area contributed by atoms with E-state index in [0.717, 1.165) is 18.4 Å². The van der Waals surface area contributed by atoms with Crippen LogP contribution < -0.4 is 5.73 Å². The summed E-state index contributed by atoms with van der Waals surface area (Å²) in [5.41, 5.74) is 6.99. The molecular weight excluding hydrogens is 293 g/mol.